The zero-order chi connectivity index (χ0) is 13.1. The third-order valence-electron chi connectivity index (χ3n) is 3.38. The number of rotatable bonds is 4. The molecule has 1 fully saturated rings. The Hall–Kier alpha value is -1.47. The van der Waals surface area contributed by atoms with Gasteiger partial charge in [-0.3, -0.25) is 4.98 Å². The second-order valence-electron chi connectivity index (χ2n) is 4.60. The van der Waals surface area contributed by atoms with Crippen molar-refractivity contribution in [2.24, 2.45) is 5.73 Å². The van der Waals surface area contributed by atoms with Crippen LogP contribution < -0.4 is 5.73 Å². The van der Waals surface area contributed by atoms with Crippen LogP contribution in [0.1, 0.15) is 37.4 Å². The van der Waals surface area contributed by atoms with Gasteiger partial charge in [-0.25, -0.2) is 4.68 Å². The average Bonchev–Trinajstić information content (AvgIpc) is 3.09. The first kappa shape index (κ1) is 12.6. The van der Waals surface area contributed by atoms with Crippen molar-refractivity contribution in [3.8, 4) is 0 Å². The van der Waals surface area contributed by atoms with Crippen molar-refractivity contribution >= 4 is 11.8 Å². The number of nitrogens with zero attached hydrogens (tertiary/aromatic N) is 5. The molecule has 7 heteroatoms. The highest BCUT2D eigenvalue weighted by molar-refractivity contribution is 7.99. The first-order chi connectivity index (χ1) is 9.38. The van der Waals surface area contributed by atoms with E-state index in [9.17, 15) is 0 Å². The molecule has 2 N–H and O–H groups in total. The minimum atomic E-state index is 0.425. The first-order valence-corrected chi connectivity index (χ1v) is 7.30. The lowest BCUT2D eigenvalue weighted by molar-refractivity contribution is 0.423. The summed E-state index contributed by atoms with van der Waals surface area (Å²) < 4.78 is 1.95. The Kier molecular flexibility index (Phi) is 3.74. The number of pyridine rings is 1. The van der Waals surface area contributed by atoms with Crippen LogP contribution in [0.5, 0.6) is 0 Å². The van der Waals surface area contributed by atoms with Crippen molar-refractivity contribution in [3.63, 3.8) is 0 Å². The van der Waals surface area contributed by atoms with E-state index in [4.69, 9.17) is 5.73 Å². The SMILES string of the molecule is NCc1ncccc1Sc1nnnn1C1CCCC1. The average molecular weight is 276 g/mol. The van der Waals surface area contributed by atoms with Gasteiger partial charge < -0.3 is 5.73 Å². The molecule has 3 rings (SSSR count). The maximum Gasteiger partial charge on any atom is 0.214 e. The molecule has 6 nitrogen and oxygen atoms in total. The number of tetrazole rings is 1. The molecule has 1 saturated carbocycles. The van der Waals surface area contributed by atoms with Crippen LogP contribution in [0.3, 0.4) is 0 Å². The van der Waals surface area contributed by atoms with Gasteiger partial charge in [0.2, 0.25) is 5.16 Å². The Balaban J connectivity index is 1.85. The molecule has 0 saturated heterocycles. The summed E-state index contributed by atoms with van der Waals surface area (Å²) in [5.41, 5.74) is 6.59. The third kappa shape index (κ3) is 2.62. The van der Waals surface area contributed by atoms with E-state index in [0.717, 1.165) is 28.6 Å². The van der Waals surface area contributed by atoms with Gasteiger partial charge in [-0.15, -0.1) is 5.10 Å². The van der Waals surface area contributed by atoms with Gasteiger partial charge in [-0.2, -0.15) is 0 Å². The van der Waals surface area contributed by atoms with Crippen molar-refractivity contribution in [1.82, 2.24) is 25.2 Å². The third-order valence-corrected chi connectivity index (χ3v) is 4.42. The summed E-state index contributed by atoms with van der Waals surface area (Å²) in [6, 6.07) is 4.36. The molecule has 100 valence electrons. The highest BCUT2D eigenvalue weighted by Gasteiger charge is 2.22. The van der Waals surface area contributed by atoms with Crippen LogP contribution in [0.2, 0.25) is 0 Å². The first-order valence-electron chi connectivity index (χ1n) is 6.48. The molecule has 2 aromatic heterocycles. The van der Waals surface area contributed by atoms with Crippen LogP contribution in [0.15, 0.2) is 28.4 Å². The quantitative estimate of drug-likeness (QED) is 0.916. The van der Waals surface area contributed by atoms with E-state index in [2.05, 4.69) is 20.5 Å². The molecular formula is C12H16N6S. The van der Waals surface area contributed by atoms with Crippen LogP contribution in [0.25, 0.3) is 0 Å². The summed E-state index contributed by atoms with van der Waals surface area (Å²) >= 11 is 1.54. The van der Waals surface area contributed by atoms with Gasteiger partial charge in [0, 0.05) is 17.6 Å². The molecule has 0 aromatic carbocycles. The van der Waals surface area contributed by atoms with E-state index in [1.165, 1.54) is 12.8 Å². The molecule has 0 bridgehead atoms. The summed E-state index contributed by atoms with van der Waals surface area (Å²) in [6.07, 6.45) is 6.60. The van der Waals surface area contributed by atoms with Crippen molar-refractivity contribution in [3.05, 3.63) is 24.0 Å². The molecule has 0 aliphatic heterocycles. The fourth-order valence-corrected chi connectivity index (χ4v) is 3.35. The van der Waals surface area contributed by atoms with E-state index in [1.54, 1.807) is 18.0 Å². The van der Waals surface area contributed by atoms with E-state index in [-0.39, 0.29) is 0 Å². The second kappa shape index (κ2) is 5.66. The number of hydrogen-bond acceptors (Lipinski definition) is 6. The molecule has 0 spiro atoms. The number of hydrogen-bond donors (Lipinski definition) is 1. The zero-order valence-corrected chi connectivity index (χ0v) is 11.4. The molecule has 1 aliphatic carbocycles. The Morgan fingerprint density at radius 2 is 2.21 bits per heavy atom. The van der Waals surface area contributed by atoms with Crippen molar-refractivity contribution < 1.29 is 0 Å². The lowest BCUT2D eigenvalue weighted by Gasteiger charge is -2.11. The van der Waals surface area contributed by atoms with Crippen molar-refractivity contribution in [2.45, 2.75) is 48.3 Å². The highest BCUT2D eigenvalue weighted by Crippen LogP contribution is 2.34. The van der Waals surface area contributed by atoms with Crippen LogP contribution in [0.4, 0.5) is 0 Å². The monoisotopic (exact) mass is 276 g/mol. The molecule has 0 atom stereocenters. The normalized spacial score (nSPS) is 16.1. The minimum absolute atomic E-state index is 0.425. The van der Waals surface area contributed by atoms with Crippen LogP contribution in [-0.2, 0) is 6.54 Å². The minimum Gasteiger partial charge on any atom is -0.325 e. The Bertz CT molecular complexity index is 549. The predicted molar refractivity (Wildman–Crippen MR) is 71.6 cm³/mol. The zero-order valence-electron chi connectivity index (χ0n) is 10.6. The fourth-order valence-electron chi connectivity index (χ4n) is 2.40. The lowest BCUT2D eigenvalue weighted by Crippen LogP contribution is -2.08. The maximum atomic E-state index is 5.71. The molecule has 19 heavy (non-hydrogen) atoms. The molecular weight excluding hydrogens is 260 g/mol. The predicted octanol–water partition coefficient (Wildman–Crippen LogP) is 1.79. The maximum absolute atomic E-state index is 5.71. The van der Waals surface area contributed by atoms with Gasteiger partial charge in [-0.05, 0) is 47.2 Å². The van der Waals surface area contributed by atoms with E-state index >= 15 is 0 Å². The highest BCUT2D eigenvalue weighted by atomic mass is 32.2. The van der Waals surface area contributed by atoms with Gasteiger partial charge in [0.1, 0.15) is 0 Å². The van der Waals surface area contributed by atoms with Gasteiger partial charge in [-0.1, -0.05) is 12.8 Å². The van der Waals surface area contributed by atoms with Gasteiger partial charge in [0.25, 0.3) is 0 Å². The summed E-state index contributed by atoms with van der Waals surface area (Å²) in [5, 5.41) is 12.9. The summed E-state index contributed by atoms with van der Waals surface area (Å²) in [7, 11) is 0. The summed E-state index contributed by atoms with van der Waals surface area (Å²) in [6.45, 7) is 0.425. The second-order valence-corrected chi connectivity index (χ2v) is 5.61. The van der Waals surface area contributed by atoms with E-state index in [1.807, 2.05) is 16.8 Å². The number of nitrogens with two attached hydrogens (primary N) is 1. The fraction of sp³-hybridized carbons (Fsp3) is 0.500. The van der Waals surface area contributed by atoms with Crippen molar-refractivity contribution in [2.75, 3.05) is 0 Å². The molecule has 0 unspecified atom stereocenters. The molecule has 2 heterocycles. The van der Waals surface area contributed by atoms with E-state index < -0.39 is 0 Å². The molecule has 0 amide bonds. The Morgan fingerprint density at radius 1 is 1.37 bits per heavy atom. The topological polar surface area (TPSA) is 82.5 Å². The smallest absolute Gasteiger partial charge is 0.214 e. The van der Waals surface area contributed by atoms with Crippen LogP contribution in [-0.4, -0.2) is 25.2 Å². The summed E-state index contributed by atoms with van der Waals surface area (Å²) in [5.74, 6) is 0. The number of aromatic nitrogens is 5. The van der Waals surface area contributed by atoms with E-state index in [0.29, 0.717) is 12.6 Å². The summed E-state index contributed by atoms with van der Waals surface area (Å²) in [4.78, 5) is 5.31. The van der Waals surface area contributed by atoms with Gasteiger partial charge in [0.15, 0.2) is 0 Å². The largest absolute Gasteiger partial charge is 0.325 e. The molecule has 1 aliphatic rings. The van der Waals surface area contributed by atoms with Crippen LogP contribution in [0, 0.1) is 0 Å². The van der Waals surface area contributed by atoms with Gasteiger partial charge >= 0.3 is 0 Å². The Labute approximate surface area is 115 Å². The van der Waals surface area contributed by atoms with Gasteiger partial charge in [0.05, 0.1) is 11.7 Å². The molecule has 2 aromatic rings. The Morgan fingerprint density at radius 3 is 3.00 bits per heavy atom. The van der Waals surface area contributed by atoms with Crippen molar-refractivity contribution in [1.29, 1.82) is 0 Å². The van der Waals surface area contributed by atoms with Crippen LogP contribution >= 0.6 is 11.8 Å². The standard InChI is InChI=1S/C12H16N6S/c13-8-10-11(6-3-7-14-10)19-12-15-16-17-18(12)9-4-1-2-5-9/h3,6-7,9H,1-2,4-5,8,13H2. The molecule has 0 radical (unpaired) electrons. The lowest BCUT2D eigenvalue weighted by atomic mass is 10.3.